The molecule has 2 rings (SSSR count). The first-order chi connectivity index (χ1) is 10.1. The van der Waals surface area contributed by atoms with Crippen molar-refractivity contribution in [1.82, 2.24) is 5.32 Å². The second-order valence-electron chi connectivity index (χ2n) is 4.63. The number of primary amides is 1. The van der Waals surface area contributed by atoms with Crippen molar-refractivity contribution < 1.29 is 13.9 Å². The molecule has 0 fully saturated rings. The van der Waals surface area contributed by atoms with Crippen LogP contribution in [-0.2, 0) is 13.1 Å². The SMILES string of the molecule is COc1cccc(CNCc2ccc(C(N)=O)cc2F)c1. The minimum atomic E-state index is -0.634. The van der Waals surface area contributed by atoms with Gasteiger partial charge in [0.2, 0.25) is 5.91 Å². The van der Waals surface area contributed by atoms with Gasteiger partial charge in [-0.3, -0.25) is 4.79 Å². The van der Waals surface area contributed by atoms with Crippen LogP contribution in [0.5, 0.6) is 5.75 Å². The summed E-state index contributed by atoms with van der Waals surface area (Å²) in [5, 5.41) is 3.15. The number of amides is 1. The minimum Gasteiger partial charge on any atom is -0.497 e. The minimum absolute atomic E-state index is 0.170. The maximum atomic E-state index is 13.8. The van der Waals surface area contributed by atoms with E-state index in [2.05, 4.69) is 5.32 Å². The summed E-state index contributed by atoms with van der Waals surface area (Å²) >= 11 is 0. The summed E-state index contributed by atoms with van der Waals surface area (Å²) in [5.41, 5.74) is 6.81. The lowest BCUT2D eigenvalue weighted by Crippen LogP contribution is -2.15. The molecule has 0 aliphatic rings. The Kier molecular flexibility index (Phi) is 4.90. The van der Waals surface area contributed by atoms with E-state index in [-0.39, 0.29) is 5.56 Å². The monoisotopic (exact) mass is 288 g/mol. The number of carbonyl (C=O) groups excluding carboxylic acids is 1. The van der Waals surface area contributed by atoms with Crippen molar-refractivity contribution in [2.24, 2.45) is 5.73 Å². The fourth-order valence-corrected chi connectivity index (χ4v) is 1.97. The van der Waals surface area contributed by atoms with Crippen molar-refractivity contribution in [3.8, 4) is 5.75 Å². The summed E-state index contributed by atoms with van der Waals surface area (Å²) < 4.78 is 18.9. The summed E-state index contributed by atoms with van der Waals surface area (Å²) in [6.07, 6.45) is 0. The largest absolute Gasteiger partial charge is 0.497 e. The Bertz CT molecular complexity index is 644. The smallest absolute Gasteiger partial charge is 0.248 e. The van der Waals surface area contributed by atoms with Crippen LogP contribution in [-0.4, -0.2) is 13.0 Å². The summed E-state index contributed by atoms with van der Waals surface area (Å²) in [7, 11) is 1.61. The van der Waals surface area contributed by atoms with Gasteiger partial charge in [-0.25, -0.2) is 4.39 Å². The molecule has 0 aromatic heterocycles. The van der Waals surface area contributed by atoms with Crippen LogP contribution in [0.15, 0.2) is 42.5 Å². The van der Waals surface area contributed by atoms with Crippen molar-refractivity contribution >= 4 is 5.91 Å². The highest BCUT2D eigenvalue weighted by atomic mass is 19.1. The molecular weight excluding hydrogens is 271 g/mol. The molecule has 21 heavy (non-hydrogen) atoms. The molecule has 4 nitrogen and oxygen atoms in total. The summed E-state index contributed by atoms with van der Waals surface area (Å²) in [6, 6.07) is 11.9. The number of ether oxygens (including phenoxy) is 1. The molecule has 0 saturated carbocycles. The number of hydrogen-bond acceptors (Lipinski definition) is 3. The van der Waals surface area contributed by atoms with Gasteiger partial charge in [-0.1, -0.05) is 18.2 Å². The first kappa shape index (κ1) is 15.0. The topological polar surface area (TPSA) is 64.3 Å². The molecule has 0 saturated heterocycles. The van der Waals surface area contributed by atoms with Crippen LogP contribution in [0.2, 0.25) is 0 Å². The predicted octanol–water partition coefficient (Wildman–Crippen LogP) is 2.22. The molecular formula is C16H17FN2O2. The number of nitrogens with two attached hydrogens (primary N) is 1. The zero-order chi connectivity index (χ0) is 15.2. The Morgan fingerprint density at radius 3 is 2.71 bits per heavy atom. The lowest BCUT2D eigenvalue weighted by molar-refractivity contribution is 0.1000. The Labute approximate surface area is 122 Å². The van der Waals surface area contributed by atoms with E-state index in [4.69, 9.17) is 10.5 Å². The van der Waals surface area contributed by atoms with Crippen LogP contribution in [0.25, 0.3) is 0 Å². The number of nitrogens with one attached hydrogen (secondary N) is 1. The van der Waals surface area contributed by atoms with E-state index in [1.807, 2.05) is 24.3 Å². The normalized spacial score (nSPS) is 10.4. The fourth-order valence-electron chi connectivity index (χ4n) is 1.97. The van der Waals surface area contributed by atoms with Gasteiger partial charge >= 0.3 is 0 Å². The predicted molar refractivity (Wildman–Crippen MR) is 78.5 cm³/mol. The van der Waals surface area contributed by atoms with Crippen LogP contribution in [0.4, 0.5) is 4.39 Å². The Hall–Kier alpha value is -2.40. The molecule has 3 N–H and O–H groups in total. The van der Waals surface area contributed by atoms with Gasteiger partial charge in [0, 0.05) is 24.2 Å². The maximum absolute atomic E-state index is 13.8. The molecule has 5 heteroatoms. The molecule has 0 bridgehead atoms. The number of benzene rings is 2. The number of carbonyl (C=O) groups is 1. The lowest BCUT2D eigenvalue weighted by atomic mass is 10.1. The third-order valence-electron chi connectivity index (χ3n) is 3.12. The van der Waals surface area contributed by atoms with Crippen LogP contribution in [0.1, 0.15) is 21.5 Å². The van der Waals surface area contributed by atoms with Gasteiger partial charge in [0.1, 0.15) is 11.6 Å². The summed E-state index contributed by atoms with van der Waals surface area (Å²) in [5.74, 6) is -0.291. The highest BCUT2D eigenvalue weighted by Gasteiger charge is 2.06. The molecule has 0 radical (unpaired) electrons. The van der Waals surface area contributed by atoms with E-state index in [9.17, 15) is 9.18 Å². The van der Waals surface area contributed by atoms with Gasteiger partial charge < -0.3 is 15.8 Å². The van der Waals surface area contributed by atoms with E-state index >= 15 is 0 Å². The lowest BCUT2D eigenvalue weighted by Gasteiger charge is -2.08. The standard InChI is InChI=1S/C16H17FN2O2/c1-21-14-4-2-3-11(7-14)9-19-10-13-6-5-12(16(18)20)8-15(13)17/h2-8,19H,9-10H2,1H3,(H2,18,20). The van der Waals surface area contributed by atoms with Gasteiger partial charge in [-0.2, -0.15) is 0 Å². The number of rotatable bonds is 6. The summed E-state index contributed by atoms with van der Waals surface area (Å²) in [6.45, 7) is 0.955. The molecule has 0 unspecified atom stereocenters. The molecule has 1 amide bonds. The van der Waals surface area contributed by atoms with Crippen LogP contribution in [0, 0.1) is 5.82 Å². The van der Waals surface area contributed by atoms with Crippen molar-refractivity contribution in [2.75, 3.05) is 7.11 Å². The average molecular weight is 288 g/mol. The van der Waals surface area contributed by atoms with E-state index < -0.39 is 11.7 Å². The van der Waals surface area contributed by atoms with Gasteiger partial charge in [-0.05, 0) is 29.8 Å². The van der Waals surface area contributed by atoms with Crippen molar-refractivity contribution in [3.05, 3.63) is 65.0 Å². The van der Waals surface area contributed by atoms with Crippen molar-refractivity contribution in [2.45, 2.75) is 13.1 Å². The van der Waals surface area contributed by atoms with Crippen molar-refractivity contribution in [3.63, 3.8) is 0 Å². The highest BCUT2D eigenvalue weighted by Crippen LogP contribution is 2.13. The van der Waals surface area contributed by atoms with E-state index in [1.165, 1.54) is 6.07 Å². The third kappa shape index (κ3) is 4.03. The molecule has 0 aliphatic heterocycles. The third-order valence-corrected chi connectivity index (χ3v) is 3.12. The average Bonchev–Trinajstić information content (AvgIpc) is 2.49. The molecule has 0 spiro atoms. The fraction of sp³-hybridized carbons (Fsp3) is 0.188. The van der Waals surface area contributed by atoms with Gasteiger partial charge in [0.05, 0.1) is 7.11 Å². The Morgan fingerprint density at radius 1 is 1.24 bits per heavy atom. The van der Waals surface area contributed by atoms with Crippen LogP contribution < -0.4 is 15.8 Å². The van der Waals surface area contributed by atoms with Gasteiger partial charge in [0.15, 0.2) is 0 Å². The number of halogens is 1. The quantitative estimate of drug-likeness (QED) is 0.856. The first-order valence-corrected chi connectivity index (χ1v) is 6.52. The maximum Gasteiger partial charge on any atom is 0.248 e. The van der Waals surface area contributed by atoms with E-state index in [0.29, 0.717) is 18.7 Å². The van der Waals surface area contributed by atoms with Crippen molar-refractivity contribution in [1.29, 1.82) is 0 Å². The van der Waals surface area contributed by atoms with E-state index in [1.54, 1.807) is 13.2 Å². The molecule has 2 aromatic carbocycles. The zero-order valence-electron chi connectivity index (χ0n) is 11.7. The zero-order valence-corrected chi connectivity index (χ0v) is 11.7. The molecule has 0 atom stereocenters. The number of methoxy groups -OCH3 is 1. The van der Waals surface area contributed by atoms with Gasteiger partial charge in [-0.15, -0.1) is 0 Å². The second-order valence-corrected chi connectivity index (χ2v) is 4.63. The van der Waals surface area contributed by atoms with Crippen LogP contribution in [0.3, 0.4) is 0 Å². The van der Waals surface area contributed by atoms with Gasteiger partial charge in [0.25, 0.3) is 0 Å². The van der Waals surface area contributed by atoms with Crippen LogP contribution >= 0.6 is 0 Å². The van der Waals surface area contributed by atoms with E-state index in [0.717, 1.165) is 17.4 Å². The number of hydrogen-bond donors (Lipinski definition) is 2. The molecule has 110 valence electrons. The molecule has 0 heterocycles. The second kappa shape index (κ2) is 6.85. The first-order valence-electron chi connectivity index (χ1n) is 6.52. The summed E-state index contributed by atoms with van der Waals surface area (Å²) in [4.78, 5) is 11.0. The molecule has 0 aliphatic carbocycles. The Balaban J connectivity index is 1.95. The Morgan fingerprint density at radius 2 is 2.05 bits per heavy atom. The highest BCUT2D eigenvalue weighted by molar-refractivity contribution is 5.92. The molecule has 2 aromatic rings.